The molecular formula is C22H23N5O2S. The van der Waals surface area contributed by atoms with E-state index >= 15 is 0 Å². The van der Waals surface area contributed by atoms with E-state index in [0.717, 1.165) is 37.2 Å². The molecule has 1 aromatic carbocycles. The third-order valence-corrected chi connectivity index (χ3v) is 5.80. The molecule has 7 nitrogen and oxygen atoms in total. The lowest BCUT2D eigenvalue weighted by molar-refractivity contribution is -0.123. The molecule has 1 saturated carbocycles. The van der Waals surface area contributed by atoms with E-state index in [2.05, 4.69) is 19.9 Å². The van der Waals surface area contributed by atoms with Crippen LogP contribution in [0.1, 0.15) is 54.2 Å². The van der Waals surface area contributed by atoms with Crippen LogP contribution in [0.4, 0.5) is 5.69 Å². The minimum absolute atomic E-state index is 0.124. The predicted octanol–water partition coefficient (Wildman–Crippen LogP) is 3.77. The molecule has 30 heavy (non-hydrogen) atoms. The summed E-state index contributed by atoms with van der Waals surface area (Å²) in [6.07, 6.45) is 8.61. The molecule has 1 atom stereocenters. The zero-order valence-corrected chi connectivity index (χ0v) is 17.3. The fraction of sp³-hybridized carbons (Fsp3) is 0.318. The number of para-hydroxylation sites is 1. The van der Waals surface area contributed by atoms with Crippen LogP contribution in [-0.2, 0) is 4.79 Å². The zero-order valence-electron chi connectivity index (χ0n) is 16.5. The van der Waals surface area contributed by atoms with E-state index in [9.17, 15) is 9.59 Å². The van der Waals surface area contributed by atoms with Gasteiger partial charge < -0.3 is 5.32 Å². The fourth-order valence-electron chi connectivity index (χ4n) is 3.84. The second-order valence-electron chi connectivity index (χ2n) is 7.33. The molecule has 2 aromatic heterocycles. The number of amides is 2. The van der Waals surface area contributed by atoms with Crippen molar-refractivity contribution in [3.05, 3.63) is 71.5 Å². The minimum atomic E-state index is -0.864. The number of hydrogen-bond acceptors (Lipinski definition) is 6. The normalized spacial score (nSPS) is 15.3. The Morgan fingerprint density at radius 1 is 1.07 bits per heavy atom. The average Bonchev–Trinajstić information content (AvgIpc) is 3.34. The van der Waals surface area contributed by atoms with Crippen molar-refractivity contribution in [1.29, 1.82) is 0 Å². The largest absolute Gasteiger partial charge is 0.351 e. The van der Waals surface area contributed by atoms with Gasteiger partial charge in [-0.3, -0.25) is 19.5 Å². The first-order chi connectivity index (χ1) is 14.7. The van der Waals surface area contributed by atoms with Crippen LogP contribution in [0, 0.1) is 0 Å². The number of pyridine rings is 1. The number of nitrogens with zero attached hydrogens (tertiary/aromatic N) is 4. The number of hydrogen-bond donors (Lipinski definition) is 1. The number of rotatable bonds is 6. The third kappa shape index (κ3) is 4.54. The molecule has 0 bridgehead atoms. The summed E-state index contributed by atoms with van der Waals surface area (Å²) < 4.78 is 3.82. The Kier molecular flexibility index (Phi) is 6.44. The standard InChI is InChI=1S/C22H23N5O2S/c28-21(24-17-9-3-1-4-10-17)20(16-8-7-13-23-14-16)27(18-11-5-2-6-12-18)22(29)19-15-30-26-25-19/h2,5-8,11-15,17,20H,1,3-4,9-10H2,(H,24,28)/t20-/m0/s1. The molecule has 2 amide bonds. The summed E-state index contributed by atoms with van der Waals surface area (Å²) in [5.41, 5.74) is 1.47. The number of aromatic nitrogens is 3. The molecule has 8 heteroatoms. The van der Waals surface area contributed by atoms with Crippen molar-refractivity contribution in [2.75, 3.05) is 4.90 Å². The van der Waals surface area contributed by atoms with Crippen LogP contribution in [-0.4, -0.2) is 32.4 Å². The first kappa shape index (κ1) is 20.2. The summed E-state index contributed by atoms with van der Waals surface area (Å²) >= 11 is 1.10. The lowest BCUT2D eigenvalue weighted by atomic mass is 9.94. The maximum absolute atomic E-state index is 13.5. The van der Waals surface area contributed by atoms with Gasteiger partial charge in [0.1, 0.15) is 6.04 Å². The first-order valence-electron chi connectivity index (χ1n) is 10.1. The van der Waals surface area contributed by atoms with Crippen LogP contribution in [0.5, 0.6) is 0 Å². The molecule has 2 heterocycles. The zero-order chi connectivity index (χ0) is 20.8. The van der Waals surface area contributed by atoms with Gasteiger partial charge in [-0.05, 0) is 42.6 Å². The lowest BCUT2D eigenvalue weighted by Gasteiger charge is -2.32. The quantitative estimate of drug-likeness (QED) is 0.655. The number of benzene rings is 1. The van der Waals surface area contributed by atoms with E-state index in [1.165, 1.54) is 11.3 Å². The summed E-state index contributed by atoms with van der Waals surface area (Å²) in [4.78, 5) is 32.7. The summed E-state index contributed by atoms with van der Waals surface area (Å²) in [6, 6.07) is 12.0. The Hall–Kier alpha value is -3.13. The summed E-state index contributed by atoms with van der Waals surface area (Å²) in [6.45, 7) is 0. The topological polar surface area (TPSA) is 88.1 Å². The van der Waals surface area contributed by atoms with Gasteiger partial charge >= 0.3 is 0 Å². The van der Waals surface area contributed by atoms with Crippen molar-refractivity contribution in [1.82, 2.24) is 19.9 Å². The second kappa shape index (κ2) is 9.58. The molecule has 4 rings (SSSR count). The van der Waals surface area contributed by atoms with Crippen molar-refractivity contribution < 1.29 is 9.59 Å². The average molecular weight is 422 g/mol. The Bertz CT molecular complexity index is 960. The molecule has 0 aliphatic heterocycles. The van der Waals surface area contributed by atoms with Gasteiger partial charge in [0, 0.05) is 35.1 Å². The molecule has 3 aromatic rings. The molecule has 0 saturated heterocycles. The monoisotopic (exact) mass is 421 g/mol. The van der Waals surface area contributed by atoms with Crippen molar-refractivity contribution in [3.8, 4) is 0 Å². The maximum Gasteiger partial charge on any atom is 0.280 e. The van der Waals surface area contributed by atoms with Gasteiger partial charge in [0.25, 0.3) is 5.91 Å². The van der Waals surface area contributed by atoms with Gasteiger partial charge in [-0.25, -0.2) is 0 Å². The highest BCUT2D eigenvalue weighted by Gasteiger charge is 2.35. The van der Waals surface area contributed by atoms with E-state index in [0.29, 0.717) is 11.3 Å². The molecule has 154 valence electrons. The molecule has 0 unspecified atom stereocenters. The molecule has 1 aliphatic rings. The Balaban J connectivity index is 1.74. The minimum Gasteiger partial charge on any atom is -0.351 e. The molecule has 1 aliphatic carbocycles. The van der Waals surface area contributed by atoms with Crippen molar-refractivity contribution >= 4 is 29.0 Å². The summed E-state index contributed by atoms with van der Waals surface area (Å²) in [5, 5.41) is 8.71. The molecule has 0 radical (unpaired) electrons. The Morgan fingerprint density at radius 2 is 1.87 bits per heavy atom. The van der Waals surface area contributed by atoms with E-state index < -0.39 is 6.04 Å². The number of nitrogens with one attached hydrogen (secondary N) is 1. The van der Waals surface area contributed by atoms with E-state index in [1.54, 1.807) is 23.8 Å². The van der Waals surface area contributed by atoms with Gasteiger partial charge in [0.2, 0.25) is 5.91 Å². The smallest absolute Gasteiger partial charge is 0.280 e. The van der Waals surface area contributed by atoms with Crippen LogP contribution in [0.2, 0.25) is 0 Å². The van der Waals surface area contributed by atoms with Gasteiger partial charge in [0.15, 0.2) is 5.69 Å². The highest BCUT2D eigenvalue weighted by molar-refractivity contribution is 7.03. The number of anilines is 1. The summed E-state index contributed by atoms with van der Waals surface area (Å²) in [7, 11) is 0. The van der Waals surface area contributed by atoms with Gasteiger partial charge in [-0.1, -0.05) is 48.0 Å². The number of carbonyl (C=O) groups excluding carboxylic acids is 2. The van der Waals surface area contributed by atoms with E-state index in [-0.39, 0.29) is 23.6 Å². The molecular weight excluding hydrogens is 398 g/mol. The van der Waals surface area contributed by atoms with Crippen LogP contribution in [0.15, 0.2) is 60.2 Å². The highest BCUT2D eigenvalue weighted by Crippen LogP contribution is 2.30. The second-order valence-corrected chi connectivity index (χ2v) is 7.94. The van der Waals surface area contributed by atoms with Gasteiger partial charge in [-0.2, -0.15) is 0 Å². The molecule has 1 N–H and O–H groups in total. The third-order valence-electron chi connectivity index (χ3n) is 5.29. The van der Waals surface area contributed by atoms with Crippen molar-refractivity contribution in [2.45, 2.75) is 44.2 Å². The van der Waals surface area contributed by atoms with Crippen LogP contribution < -0.4 is 10.2 Å². The van der Waals surface area contributed by atoms with Crippen LogP contribution in [0.3, 0.4) is 0 Å². The van der Waals surface area contributed by atoms with E-state index in [1.807, 2.05) is 36.4 Å². The van der Waals surface area contributed by atoms with Gasteiger partial charge in [-0.15, -0.1) is 5.10 Å². The Labute approximate surface area is 179 Å². The van der Waals surface area contributed by atoms with Crippen LogP contribution >= 0.6 is 11.5 Å². The highest BCUT2D eigenvalue weighted by atomic mass is 32.1. The van der Waals surface area contributed by atoms with Crippen molar-refractivity contribution in [2.24, 2.45) is 0 Å². The lowest BCUT2D eigenvalue weighted by Crippen LogP contribution is -2.47. The predicted molar refractivity (Wildman–Crippen MR) is 115 cm³/mol. The van der Waals surface area contributed by atoms with Crippen LogP contribution in [0.25, 0.3) is 0 Å². The molecule has 0 spiro atoms. The van der Waals surface area contributed by atoms with E-state index in [4.69, 9.17) is 0 Å². The number of carbonyl (C=O) groups is 2. The maximum atomic E-state index is 13.5. The Morgan fingerprint density at radius 3 is 2.53 bits per heavy atom. The van der Waals surface area contributed by atoms with Crippen molar-refractivity contribution in [3.63, 3.8) is 0 Å². The summed E-state index contributed by atoms with van der Waals surface area (Å²) in [5.74, 6) is -0.585. The van der Waals surface area contributed by atoms with Gasteiger partial charge in [0.05, 0.1) is 0 Å². The fourth-order valence-corrected chi connectivity index (χ4v) is 4.27. The molecule has 1 fully saturated rings. The SMILES string of the molecule is O=C(NC1CCCCC1)[C@H](c1cccnc1)N(C(=O)c1csnn1)c1ccccc1. The first-order valence-corrected chi connectivity index (χ1v) is 10.9.